The Morgan fingerprint density at radius 1 is 1.32 bits per heavy atom. The van der Waals surface area contributed by atoms with Crippen molar-refractivity contribution in [2.75, 3.05) is 0 Å². The Morgan fingerprint density at radius 2 is 1.89 bits per heavy atom. The highest BCUT2D eigenvalue weighted by Gasteiger charge is 2.44. The van der Waals surface area contributed by atoms with Gasteiger partial charge in [-0.25, -0.2) is 0 Å². The molecule has 106 valence electrons. The third-order valence-electron chi connectivity index (χ3n) is 3.68. The molecular weight excluding hydrogens is 257 g/mol. The van der Waals surface area contributed by atoms with Crippen LogP contribution < -0.4 is 16.0 Å². The van der Waals surface area contributed by atoms with E-state index in [4.69, 9.17) is 5.84 Å². The van der Waals surface area contributed by atoms with Crippen molar-refractivity contribution < 1.29 is 17.9 Å². The molecule has 0 radical (unpaired) electrons. The quantitative estimate of drug-likeness (QED) is 0.641. The standard InChI is InChI=1S/C13H17F3N2O/c1-12(6-7-12)11(18-17)8-9-2-4-10(5-3-9)19-13(14,15)16/h2-5,11,18H,6-8,17H2,1H3. The van der Waals surface area contributed by atoms with Crippen molar-refractivity contribution in [2.24, 2.45) is 11.3 Å². The first kappa shape index (κ1) is 14.1. The van der Waals surface area contributed by atoms with E-state index in [1.807, 2.05) is 0 Å². The van der Waals surface area contributed by atoms with Gasteiger partial charge in [0.15, 0.2) is 0 Å². The van der Waals surface area contributed by atoms with Crippen LogP contribution in [0.1, 0.15) is 25.3 Å². The fraction of sp³-hybridized carbons (Fsp3) is 0.538. The number of nitrogens with two attached hydrogens (primary N) is 1. The summed E-state index contributed by atoms with van der Waals surface area (Å²) in [7, 11) is 0. The number of hydrogen-bond donors (Lipinski definition) is 2. The van der Waals surface area contributed by atoms with E-state index in [1.165, 1.54) is 12.1 Å². The van der Waals surface area contributed by atoms with Crippen LogP contribution in [0.15, 0.2) is 24.3 Å². The minimum atomic E-state index is -4.65. The Balaban J connectivity index is 1.98. The number of nitrogens with one attached hydrogen (secondary N) is 1. The monoisotopic (exact) mass is 274 g/mol. The smallest absolute Gasteiger partial charge is 0.406 e. The molecule has 0 bridgehead atoms. The Bertz CT molecular complexity index is 427. The number of hydrogen-bond acceptors (Lipinski definition) is 3. The van der Waals surface area contributed by atoms with Gasteiger partial charge < -0.3 is 4.74 Å². The maximum absolute atomic E-state index is 12.0. The van der Waals surface area contributed by atoms with Gasteiger partial charge >= 0.3 is 6.36 Å². The lowest BCUT2D eigenvalue weighted by atomic mass is 9.93. The average Bonchev–Trinajstić information content (AvgIpc) is 3.05. The molecule has 1 fully saturated rings. The largest absolute Gasteiger partial charge is 0.573 e. The van der Waals surface area contributed by atoms with Crippen molar-refractivity contribution in [3.05, 3.63) is 29.8 Å². The first-order valence-electron chi connectivity index (χ1n) is 6.13. The Hall–Kier alpha value is -1.27. The highest BCUT2D eigenvalue weighted by Crippen LogP contribution is 2.48. The minimum absolute atomic E-state index is 0.141. The van der Waals surface area contributed by atoms with Gasteiger partial charge in [0.2, 0.25) is 0 Å². The van der Waals surface area contributed by atoms with Gasteiger partial charge in [-0.1, -0.05) is 19.1 Å². The van der Waals surface area contributed by atoms with Crippen LogP contribution in [0, 0.1) is 5.41 Å². The van der Waals surface area contributed by atoms with E-state index in [9.17, 15) is 13.2 Å². The molecule has 1 aromatic rings. The van der Waals surface area contributed by atoms with Crippen LogP contribution in [-0.4, -0.2) is 12.4 Å². The van der Waals surface area contributed by atoms with Gasteiger partial charge in [-0.05, 0) is 42.4 Å². The Labute approximate surface area is 109 Å². The maximum atomic E-state index is 12.0. The summed E-state index contributed by atoms with van der Waals surface area (Å²) in [4.78, 5) is 0. The van der Waals surface area contributed by atoms with Gasteiger partial charge in [0, 0.05) is 6.04 Å². The van der Waals surface area contributed by atoms with Gasteiger partial charge in [-0.3, -0.25) is 11.3 Å². The summed E-state index contributed by atoms with van der Waals surface area (Å²) < 4.78 is 39.9. The molecule has 3 N–H and O–H groups in total. The normalized spacial score (nSPS) is 19.0. The molecule has 0 aromatic heterocycles. The highest BCUT2D eigenvalue weighted by molar-refractivity contribution is 5.28. The molecule has 0 saturated heterocycles. The molecule has 1 aliphatic rings. The lowest BCUT2D eigenvalue weighted by Crippen LogP contribution is -2.42. The molecule has 6 heteroatoms. The van der Waals surface area contributed by atoms with Crippen LogP contribution in [0.5, 0.6) is 5.75 Å². The number of rotatable bonds is 5. The van der Waals surface area contributed by atoms with Gasteiger partial charge in [-0.2, -0.15) is 0 Å². The number of benzene rings is 1. The Morgan fingerprint density at radius 3 is 2.32 bits per heavy atom. The van der Waals surface area contributed by atoms with Gasteiger partial charge in [0.25, 0.3) is 0 Å². The molecule has 1 saturated carbocycles. The van der Waals surface area contributed by atoms with Crippen molar-refractivity contribution in [2.45, 2.75) is 38.6 Å². The predicted molar refractivity (Wildman–Crippen MR) is 65.3 cm³/mol. The predicted octanol–water partition coefficient (Wildman–Crippen LogP) is 2.76. The molecular formula is C13H17F3N2O. The number of alkyl halides is 3. The molecule has 0 heterocycles. The second kappa shape index (κ2) is 5.02. The molecule has 2 rings (SSSR count). The van der Waals surface area contributed by atoms with Crippen LogP contribution in [0.3, 0.4) is 0 Å². The van der Waals surface area contributed by atoms with Crippen molar-refractivity contribution in [1.29, 1.82) is 0 Å². The zero-order chi connectivity index (χ0) is 14.1. The van der Waals surface area contributed by atoms with Gasteiger partial charge in [0.05, 0.1) is 0 Å². The summed E-state index contributed by atoms with van der Waals surface area (Å²) in [6.45, 7) is 2.15. The lowest BCUT2D eigenvalue weighted by Gasteiger charge is -2.22. The SMILES string of the molecule is CC1(C(Cc2ccc(OC(F)(F)F)cc2)NN)CC1. The number of hydrazine groups is 1. The van der Waals surface area contributed by atoms with Crippen LogP contribution in [0.25, 0.3) is 0 Å². The van der Waals surface area contributed by atoms with E-state index in [-0.39, 0.29) is 17.2 Å². The van der Waals surface area contributed by atoms with Crippen molar-refractivity contribution in [1.82, 2.24) is 5.43 Å². The van der Waals surface area contributed by atoms with E-state index in [2.05, 4.69) is 17.1 Å². The summed E-state index contributed by atoms with van der Waals surface area (Å²) >= 11 is 0. The van der Waals surface area contributed by atoms with Crippen LogP contribution in [0.2, 0.25) is 0 Å². The van der Waals surface area contributed by atoms with E-state index >= 15 is 0 Å². The zero-order valence-corrected chi connectivity index (χ0v) is 10.6. The molecule has 19 heavy (non-hydrogen) atoms. The van der Waals surface area contributed by atoms with E-state index in [1.54, 1.807) is 12.1 Å². The molecule has 1 unspecified atom stereocenters. The summed E-state index contributed by atoms with van der Waals surface area (Å²) in [5, 5.41) is 0. The molecule has 1 atom stereocenters. The fourth-order valence-corrected chi connectivity index (χ4v) is 2.12. The lowest BCUT2D eigenvalue weighted by molar-refractivity contribution is -0.274. The number of ether oxygens (including phenoxy) is 1. The second-order valence-corrected chi connectivity index (χ2v) is 5.27. The third kappa shape index (κ3) is 3.84. The van der Waals surface area contributed by atoms with Crippen LogP contribution in [-0.2, 0) is 6.42 Å². The highest BCUT2D eigenvalue weighted by atomic mass is 19.4. The van der Waals surface area contributed by atoms with Crippen LogP contribution >= 0.6 is 0 Å². The average molecular weight is 274 g/mol. The minimum Gasteiger partial charge on any atom is -0.406 e. The maximum Gasteiger partial charge on any atom is 0.573 e. The van der Waals surface area contributed by atoms with Crippen LogP contribution in [0.4, 0.5) is 13.2 Å². The molecule has 0 amide bonds. The van der Waals surface area contributed by atoms with Gasteiger partial charge in [0.1, 0.15) is 5.75 Å². The summed E-state index contributed by atoms with van der Waals surface area (Å²) in [5.41, 5.74) is 3.93. The van der Waals surface area contributed by atoms with E-state index in [0.29, 0.717) is 6.42 Å². The van der Waals surface area contributed by atoms with E-state index < -0.39 is 6.36 Å². The zero-order valence-electron chi connectivity index (χ0n) is 10.6. The van der Waals surface area contributed by atoms with Gasteiger partial charge in [-0.15, -0.1) is 13.2 Å². The van der Waals surface area contributed by atoms with Crippen molar-refractivity contribution >= 4 is 0 Å². The second-order valence-electron chi connectivity index (χ2n) is 5.27. The summed E-state index contributed by atoms with van der Waals surface area (Å²) in [6, 6.07) is 6.06. The first-order valence-corrected chi connectivity index (χ1v) is 6.13. The first-order chi connectivity index (χ1) is 8.82. The molecule has 1 aromatic carbocycles. The fourth-order valence-electron chi connectivity index (χ4n) is 2.12. The third-order valence-corrected chi connectivity index (χ3v) is 3.68. The molecule has 3 nitrogen and oxygen atoms in total. The Kier molecular flexibility index (Phi) is 3.73. The van der Waals surface area contributed by atoms with Crippen molar-refractivity contribution in [3.63, 3.8) is 0 Å². The number of halogens is 3. The summed E-state index contributed by atoms with van der Waals surface area (Å²) in [5.74, 6) is 5.33. The summed E-state index contributed by atoms with van der Waals surface area (Å²) in [6.07, 6.45) is -1.71. The molecule has 0 spiro atoms. The van der Waals surface area contributed by atoms with Crippen molar-refractivity contribution in [3.8, 4) is 5.75 Å². The topological polar surface area (TPSA) is 47.3 Å². The van der Waals surface area contributed by atoms with E-state index in [0.717, 1.165) is 18.4 Å². The molecule has 0 aliphatic heterocycles. The molecule has 1 aliphatic carbocycles.